The molecule has 80 valence electrons. The van der Waals surface area contributed by atoms with E-state index in [4.69, 9.17) is 5.73 Å². The van der Waals surface area contributed by atoms with Gasteiger partial charge < -0.3 is 15.6 Å². The summed E-state index contributed by atoms with van der Waals surface area (Å²) in [5.41, 5.74) is 5.10. The normalized spacial score (nSPS) is 32.3. The summed E-state index contributed by atoms with van der Waals surface area (Å²) in [6.45, 7) is 0. The molecule has 0 radical (unpaired) electrons. The van der Waals surface area contributed by atoms with E-state index in [0.29, 0.717) is 12.8 Å². The van der Waals surface area contributed by atoms with Crippen LogP contribution in [0.5, 0.6) is 0 Å². The molecule has 1 amide bonds. The molecule has 5 nitrogen and oxygen atoms in total. The number of aliphatic hydroxyl groups is 1. The van der Waals surface area contributed by atoms with Crippen LogP contribution in [0.2, 0.25) is 0 Å². The van der Waals surface area contributed by atoms with Crippen LogP contribution in [0.1, 0.15) is 19.3 Å². The highest BCUT2D eigenvalue weighted by molar-refractivity contribution is 5.78. The summed E-state index contributed by atoms with van der Waals surface area (Å²) < 4.78 is 4.57. The van der Waals surface area contributed by atoms with Crippen molar-refractivity contribution >= 4 is 11.9 Å². The fourth-order valence-corrected chi connectivity index (χ4v) is 1.86. The van der Waals surface area contributed by atoms with Crippen LogP contribution in [0.15, 0.2) is 0 Å². The van der Waals surface area contributed by atoms with E-state index in [1.165, 1.54) is 7.11 Å². The van der Waals surface area contributed by atoms with Gasteiger partial charge in [0.05, 0.1) is 25.0 Å². The Morgan fingerprint density at radius 1 is 1.43 bits per heavy atom. The summed E-state index contributed by atoms with van der Waals surface area (Å²) in [6, 6.07) is 0. The summed E-state index contributed by atoms with van der Waals surface area (Å²) in [7, 11) is 1.31. The van der Waals surface area contributed by atoms with Gasteiger partial charge in [-0.2, -0.15) is 0 Å². The number of esters is 1. The van der Waals surface area contributed by atoms with Crippen molar-refractivity contribution in [2.75, 3.05) is 7.11 Å². The van der Waals surface area contributed by atoms with E-state index in [0.717, 1.165) is 0 Å². The number of hydrogen-bond donors (Lipinski definition) is 2. The van der Waals surface area contributed by atoms with Crippen molar-refractivity contribution in [1.82, 2.24) is 0 Å². The van der Waals surface area contributed by atoms with Crippen LogP contribution in [-0.4, -0.2) is 30.2 Å². The molecule has 1 rings (SSSR count). The Morgan fingerprint density at radius 3 is 2.50 bits per heavy atom. The van der Waals surface area contributed by atoms with Gasteiger partial charge in [0.25, 0.3) is 0 Å². The monoisotopic (exact) mass is 201 g/mol. The van der Waals surface area contributed by atoms with Crippen LogP contribution < -0.4 is 5.73 Å². The first kappa shape index (κ1) is 11.0. The van der Waals surface area contributed by atoms with Crippen LogP contribution in [0.3, 0.4) is 0 Å². The van der Waals surface area contributed by atoms with Crippen molar-refractivity contribution in [2.24, 2.45) is 17.6 Å². The maximum atomic E-state index is 11.1. The van der Waals surface area contributed by atoms with Gasteiger partial charge in [-0.1, -0.05) is 0 Å². The van der Waals surface area contributed by atoms with Crippen molar-refractivity contribution in [1.29, 1.82) is 0 Å². The highest BCUT2D eigenvalue weighted by Crippen LogP contribution is 2.29. The molecule has 0 saturated heterocycles. The molecule has 0 heterocycles. The Morgan fingerprint density at radius 2 is 2.07 bits per heavy atom. The molecule has 3 atom stereocenters. The second-order valence-electron chi connectivity index (χ2n) is 3.61. The number of amides is 1. The largest absolute Gasteiger partial charge is 0.469 e. The van der Waals surface area contributed by atoms with Crippen molar-refractivity contribution in [2.45, 2.75) is 25.4 Å². The smallest absolute Gasteiger partial charge is 0.308 e. The molecule has 0 bridgehead atoms. The average molecular weight is 201 g/mol. The maximum Gasteiger partial charge on any atom is 0.308 e. The molecule has 0 aromatic heterocycles. The summed E-state index contributed by atoms with van der Waals surface area (Å²) in [4.78, 5) is 22.0. The summed E-state index contributed by atoms with van der Waals surface area (Å²) in [5, 5.41) is 9.55. The second kappa shape index (κ2) is 4.41. The van der Waals surface area contributed by atoms with E-state index in [1.54, 1.807) is 0 Å². The molecule has 0 spiro atoms. The van der Waals surface area contributed by atoms with Crippen molar-refractivity contribution in [3.63, 3.8) is 0 Å². The lowest BCUT2D eigenvalue weighted by Gasteiger charge is -2.29. The van der Waals surface area contributed by atoms with Crippen LogP contribution in [-0.2, 0) is 14.3 Å². The fraction of sp³-hybridized carbons (Fsp3) is 0.778. The zero-order valence-electron chi connectivity index (χ0n) is 8.10. The lowest BCUT2D eigenvalue weighted by Crippen LogP contribution is -2.40. The average Bonchev–Trinajstić information content (AvgIpc) is 2.15. The molecule has 3 unspecified atom stereocenters. The van der Waals surface area contributed by atoms with Crippen LogP contribution >= 0.6 is 0 Å². The van der Waals surface area contributed by atoms with E-state index in [2.05, 4.69) is 4.74 Å². The van der Waals surface area contributed by atoms with Crippen molar-refractivity contribution in [3.8, 4) is 0 Å². The molecule has 1 aliphatic carbocycles. The molecule has 0 aliphatic heterocycles. The Labute approximate surface area is 82.2 Å². The van der Waals surface area contributed by atoms with Crippen molar-refractivity contribution in [3.05, 3.63) is 0 Å². The Balaban J connectivity index is 2.55. The number of ether oxygens (including phenoxy) is 1. The van der Waals surface area contributed by atoms with Gasteiger partial charge in [0, 0.05) is 0 Å². The quantitative estimate of drug-likeness (QED) is 0.585. The SMILES string of the molecule is COC(=O)C1CCC(C(N)=O)C(O)C1. The first-order chi connectivity index (χ1) is 6.56. The van der Waals surface area contributed by atoms with Gasteiger partial charge in [0.15, 0.2) is 0 Å². The lowest BCUT2D eigenvalue weighted by molar-refractivity contribution is -0.150. The third-order valence-corrected chi connectivity index (χ3v) is 2.72. The molecule has 5 heteroatoms. The van der Waals surface area contributed by atoms with Gasteiger partial charge in [0.2, 0.25) is 5.91 Å². The van der Waals surface area contributed by atoms with Gasteiger partial charge in [-0.25, -0.2) is 0 Å². The Bertz CT molecular complexity index is 241. The predicted molar refractivity (Wildman–Crippen MR) is 48.0 cm³/mol. The minimum atomic E-state index is -0.814. The van der Waals surface area contributed by atoms with Gasteiger partial charge >= 0.3 is 5.97 Å². The summed E-state index contributed by atoms with van der Waals surface area (Å²) in [6.07, 6.45) is 0.457. The Kier molecular flexibility index (Phi) is 3.46. The molecule has 14 heavy (non-hydrogen) atoms. The summed E-state index contributed by atoms with van der Waals surface area (Å²) >= 11 is 0. The fourth-order valence-electron chi connectivity index (χ4n) is 1.86. The molecular weight excluding hydrogens is 186 g/mol. The van der Waals surface area contributed by atoms with Crippen LogP contribution in [0, 0.1) is 11.8 Å². The number of carbonyl (C=O) groups is 2. The highest BCUT2D eigenvalue weighted by atomic mass is 16.5. The maximum absolute atomic E-state index is 11.1. The van der Waals surface area contributed by atoms with E-state index in [-0.39, 0.29) is 18.3 Å². The zero-order valence-corrected chi connectivity index (χ0v) is 8.10. The number of nitrogens with two attached hydrogens (primary N) is 1. The highest BCUT2D eigenvalue weighted by Gasteiger charge is 2.35. The van der Waals surface area contributed by atoms with E-state index < -0.39 is 17.9 Å². The molecule has 0 aromatic carbocycles. The number of aliphatic hydroxyl groups excluding tert-OH is 1. The van der Waals surface area contributed by atoms with Crippen LogP contribution in [0.4, 0.5) is 0 Å². The van der Waals surface area contributed by atoms with E-state index in [1.807, 2.05) is 0 Å². The van der Waals surface area contributed by atoms with E-state index in [9.17, 15) is 14.7 Å². The number of primary amides is 1. The minimum absolute atomic E-state index is 0.264. The topological polar surface area (TPSA) is 89.6 Å². The van der Waals surface area contributed by atoms with Crippen LogP contribution in [0.25, 0.3) is 0 Å². The molecule has 3 N–H and O–H groups in total. The third kappa shape index (κ3) is 2.23. The van der Waals surface area contributed by atoms with Gasteiger partial charge in [0.1, 0.15) is 0 Å². The first-order valence-corrected chi connectivity index (χ1v) is 4.61. The Hall–Kier alpha value is -1.10. The first-order valence-electron chi connectivity index (χ1n) is 4.61. The van der Waals surface area contributed by atoms with Gasteiger partial charge in [-0.15, -0.1) is 0 Å². The number of hydrogen-bond acceptors (Lipinski definition) is 4. The van der Waals surface area contributed by atoms with Gasteiger partial charge in [-0.05, 0) is 19.3 Å². The predicted octanol–water partition coefficient (Wildman–Crippen LogP) is -0.578. The molecular formula is C9H15NO4. The minimum Gasteiger partial charge on any atom is -0.469 e. The number of methoxy groups -OCH3 is 1. The van der Waals surface area contributed by atoms with E-state index >= 15 is 0 Å². The zero-order chi connectivity index (χ0) is 10.7. The standard InChI is InChI=1S/C9H15NO4/c1-14-9(13)5-2-3-6(8(10)12)7(11)4-5/h5-7,11H,2-4H2,1H3,(H2,10,12). The van der Waals surface area contributed by atoms with Crippen molar-refractivity contribution < 1.29 is 19.4 Å². The number of carbonyl (C=O) groups excluding carboxylic acids is 2. The summed E-state index contributed by atoms with van der Waals surface area (Å²) in [5.74, 6) is -1.64. The lowest BCUT2D eigenvalue weighted by atomic mass is 9.79. The molecule has 1 fully saturated rings. The molecule has 1 saturated carbocycles. The molecule has 0 aromatic rings. The number of rotatable bonds is 2. The third-order valence-electron chi connectivity index (χ3n) is 2.72. The molecule has 1 aliphatic rings. The van der Waals surface area contributed by atoms with Gasteiger partial charge in [-0.3, -0.25) is 9.59 Å². The second-order valence-corrected chi connectivity index (χ2v) is 3.61.